The molecule has 1 nitrogen and oxygen atoms in total. The average molecular weight is 648 g/mol. The molecule has 51 heavy (non-hydrogen) atoms. The SMILES string of the molecule is c1ccc(C2(c3ccccc3)c3ccccc3-c3cc(Nc4cccc5c4-c4ccccc4C54c5ccccc5-c5ccccc54)ccc32)cc1. The number of nitrogens with one attached hydrogen (secondary N) is 1. The summed E-state index contributed by atoms with van der Waals surface area (Å²) in [5, 5.41) is 3.97. The molecule has 0 saturated carbocycles. The number of fused-ring (bicyclic) bond motifs is 13. The van der Waals surface area contributed by atoms with E-state index < -0.39 is 5.41 Å². The van der Waals surface area contributed by atoms with Gasteiger partial charge in [0.1, 0.15) is 0 Å². The molecule has 8 aromatic carbocycles. The Bertz CT molecular complexity index is 2580. The first-order chi connectivity index (χ1) is 25.3. The standard InChI is InChI=1S/C50H33N/c1-3-16-33(17-4-1)49(34-18-5-2-6-19-34)41-24-11-9-22-38(41)40-32-35(30-31-45(40)49)51-47-29-15-28-46-48(47)39-23-10-14-27-44(39)50(46)42-25-12-7-20-36(42)37-21-8-13-26-43(37)50/h1-32,51H. The van der Waals surface area contributed by atoms with E-state index in [9.17, 15) is 0 Å². The van der Waals surface area contributed by atoms with Crippen LogP contribution in [0.3, 0.4) is 0 Å². The quantitative estimate of drug-likeness (QED) is 0.200. The van der Waals surface area contributed by atoms with Gasteiger partial charge in [-0.1, -0.05) is 176 Å². The van der Waals surface area contributed by atoms with Gasteiger partial charge in [-0.05, 0) is 90.5 Å². The molecule has 0 amide bonds. The van der Waals surface area contributed by atoms with Gasteiger partial charge in [-0.2, -0.15) is 0 Å². The van der Waals surface area contributed by atoms with Crippen molar-refractivity contribution in [1.29, 1.82) is 0 Å². The van der Waals surface area contributed by atoms with Gasteiger partial charge in [0.25, 0.3) is 0 Å². The average Bonchev–Trinajstić information content (AvgIpc) is 3.79. The summed E-state index contributed by atoms with van der Waals surface area (Å²) >= 11 is 0. The minimum atomic E-state index is -0.407. The molecule has 238 valence electrons. The van der Waals surface area contributed by atoms with E-state index in [1.807, 2.05) is 0 Å². The van der Waals surface area contributed by atoms with Crippen LogP contribution in [-0.4, -0.2) is 0 Å². The van der Waals surface area contributed by atoms with Crippen LogP contribution in [0.2, 0.25) is 0 Å². The lowest BCUT2D eigenvalue weighted by atomic mass is 9.68. The predicted octanol–water partition coefficient (Wildman–Crippen LogP) is 12.1. The maximum absolute atomic E-state index is 3.97. The Labute approximate surface area is 298 Å². The molecule has 0 saturated heterocycles. The van der Waals surface area contributed by atoms with Crippen molar-refractivity contribution in [2.75, 3.05) is 5.32 Å². The Morgan fingerprint density at radius 3 is 1.31 bits per heavy atom. The maximum Gasteiger partial charge on any atom is 0.0726 e. The lowest BCUT2D eigenvalue weighted by molar-refractivity contribution is 0.768. The van der Waals surface area contributed by atoms with Gasteiger partial charge in [0.2, 0.25) is 0 Å². The molecule has 0 bridgehead atoms. The van der Waals surface area contributed by atoms with Gasteiger partial charge in [0, 0.05) is 16.9 Å². The van der Waals surface area contributed by atoms with Crippen molar-refractivity contribution in [2.45, 2.75) is 10.8 Å². The molecule has 1 heteroatoms. The van der Waals surface area contributed by atoms with Crippen LogP contribution < -0.4 is 5.32 Å². The third-order valence-electron chi connectivity index (χ3n) is 11.8. The second-order valence-corrected chi connectivity index (χ2v) is 14.0. The Morgan fingerprint density at radius 2 is 0.725 bits per heavy atom. The molecule has 1 spiro atoms. The monoisotopic (exact) mass is 647 g/mol. The van der Waals surface area contributed by atoms with Gasteiger partial charge in [-0.25, -0.2) is 0 Å². The van der Waals surface area contributed by atoms with Gasteiger partial charge in [-0.15, -0.1) is 0 Å². The Hall–Kier alpha value is -6.44. The van der Waals surface area contributed by atoms with Crippen LogP contribution in [0.25, 0.3) is 33.4 Å². The van der Waals surface area contributed by atoms with E-state index in [4.69, 9.17) is 0 Å². The molecule has 3 aliphatic carbocycles. The molecule has 0 fully saturated rings. The first kappa shape index (κ1) is 28.4. The highest BCUT2D eigenvalue weighted by Crippen LogP contribution is 2.64. The van der Waals surface area contributed by atoms with E-state index in [0.717, 1.165) is 11.4 Å². The zero-order valence-corrected chi connectivity index (χ0v) is 28.0. The zero-order chi connectivity index (χ0) is 33.6. The van der Waals surface area contributed by atoms with Crippen LogP contribution in [0.4, 0.5) is 11.4 Å². The van der Waals surface area contributed by atoms with Crippen molar-refractivity contribution < 1.29 is 0 Å². The molecule has 1 N–H and O–H groups in total. The predicted molar refractivity (Wildman–Crippen MR) is 210 cm³/mol. The van der Waals surface area contributed by atoms with Crippen molar-refractivity contribution in [1.82, 2.24) is 0 Å². The Balaban J connectivity index is 1.11. The van der Waals surface area contributed by atoms with E-state index in [2.05, 4.69) is 199 Å². The van der Waals surface area contributed by atoms with Crippen molar-refractivity contribution in [3.05, 3.63) is 239 Å². The molecule has 0 aromatic heterocycles. The molecule has 8 aromatic rings. The molecule has 0 radical (unpaired) electrons. The van der Waals surface area contributed by atoms with E-state index in [0.29, 0.717) is 0 Å². The van der Waals surface area contributed by atoms with Gasteiger partial charge in [0.15, 0.2) is 0 Å². The summed E-state index contributed by atoms with van der Waals surface area (Å²) in [6.07, 6.45) is 0. The van der Waals surface area contributed by atoms with Crippen molar-refractivity contribution in [3.63, 3.8) is 0 Å². The molecule has 0 heterocycles. The minimum absolute atomic E-state index is 0.362. The second-order valence-electron chi connectivity index (χ2n) is 14.0. The molecule has 0 unspecified atom stereocenters. The highest BCUT2D eigenvalue weighted by Gasteiger charge is 2.52. The lowest BCUT2D eigenvalue weighted by Crippen LogP contribution is -2.28. The van der Waals surface area contributed by atoms with Crippen LogP contribution in [0.1, 0.15) is 44.5 Å². The molecular formula is C50H33N. The summed E-state index contributed by atoms with van der Waals surface area (Å²) in [6.45, 7) is 0. The zero-order valence-electron chi connectivity index (χ0n) is 28.0. The van der Waals surface area contributed by atoms with E-state index in [1.54, 1.807) is 0 Å². The molecule has 11 rings (SSSR count). The van der Waals surface area contributed by atoms with Gasteiger partial charge >= 0.3 is 0 Å². The molecule has 3 aliphatic rings. The fourth-order valence-corrected chi connectivity index (χ4v) is 9.93. The summed E-state index contributed by atoms with van der Waals surface area (Å²) < 4.78 is 0. The van der Waals surface area contributed by atoms with Gasteiger partial charge in [0.05, 0.1) is 10.8 Å². The molecular weight excluding hydrogens is 615 g/mol. The summed E-state index contributed by atoms with van der Waals surface area (Å²) in [4.78, 5) is 0. The van der Waals surface area contributed by atoms with E-state index in [-0.39, 0.29) is 5.41 Å². The first-order valence-electron chi connectivity index (χ1n) is 17.9. The minimum Gasteiger partial charge on any atom is -0.355 e. The topological polar surface area (TPSA) is 12.0 Å². The van der Waals surface area contributed by atoms with Gasteiger partial charge < -0.3 is 5.32 Å². The van der Waals surface area contributed by atoms with Crippen LogP contribution in [0, 0.1) is 0 Å². The normalized spacial score (nSPS) is 14.6. The number of hydrogen-bond donors (Lipinski definition) is 1. The second kappa shape index (κ2) is 10.5. The van der Waals surface area contributed by atoms with Gasteiger partial charge in [-0.3, -0.25) is 0 Å². The first-order valence-corrected chi connectivity index (χ1v) is 17.9. The van der Waals surface area contributed by atoms with Crippen LogP contribution >= 0.6 is 0 Å². The highest BCUT2D eigenvalue weighted by molar-refractivity contribution is 5.99. The van der Waals surface area contributed by atoms with E-state index in [1.165, 1.54) is 77.9 Å². The lowest BCUT2D eigenvalue weighted by Gasteiger charge is -2.33. The third-order valence-corrected chi connectivity index (χ3v) is 11.8. The fraction of sp³-hybridized carbons (Fsp3) is 0.0400. The largest absolute Gasteiger partial charge is 0.355 e. The van der Waals surface area contributed by atoms with Crippen molar-refractivity contribution >= 4 is 11.4 Å². The Kier molecular flexibility index (Phi) is 5.86. The Morgan fingerprint density at radius 1 is 0.294 bits per heavy atom. The number of hydrogen-bond acceptors (Lipinski definition) is 1. The van der Waals surface area contributed by atoms with Crippen LogP contribution in [-0.2, 0) is 10.8 Å². The number of rotatable bonds is 4. The number of anilines is 2. The molecule has 0 aliphatic heterocycles. The molecule has 0 atom stereocenters. The number of benzene rings is 8. The van der Waals surface area contributed by atoms with Crippen LogP contribution in [0.15, 0.2) is 194 Å². The summed E-state index contributed by atoms with van der Waals surface area (Å²) in [6, 6.07) is 71.9. The summed E-state index contributed by atoms with van der Waals surface area (Å²) in [5.41, 5.74) is 19.8. The summed E-state index contributed by atoms with van der Waals surface area (Å²) in [5.74, 6) is 0. The highest BCUT2D eigenvalue weighted by atomic mass is 14.9. The summed E-state index contributed by atoms with van der Waals surface area (Å²) in [7, 11) is 0. The fourth-order valence-electron chi connectivity index (χ4n) is 9.93. The smallest absolute Gasteiger partial charge is 0.0726 e. The maximum atomic E-state index is 3.97. The van der Waals surface area contributed by atoms with Crippen molar-refractivity contribution in [3.8, 4) is 33.4 Å². The van der Waals surface area contributed by atoms with Crippen molar-refractivity contribution in [2.24, 2.45) is 0 Å². The van der Waals surface area contributed by atoms with Crippen LogP contribution in [0.5, 0.6) is 0 Å². The van der Waals surface area contributed by atoms with E-state index >= 15 is 0 Å². The third kappa shape index (κ3) is 3.60.